The Bertz CT molecular complexity index is 659. The van der Waals surface area contributed by atoms with Crippen molar-refractivity contribution in [3.63, 3.8) is 0 Å². The Labute approximate surface area is 166 Å². The molecule has 3 fully saturated rings. The minimum atomic E-state index is 0.0721. The van der Waals surface area contributed by atoms with Crippen molar-refractivity contribution in [1.29, 1.82) is 0 Å². The molecule has 0 aromatic carbocycles. The standard InChI is InChI=1S/C22H32BrNO2/c1-13(20(26)24-23)17-6-7-18-16-5-4-14-12-15(25)8-10-21(14,2)19(16)9-11-22(17,18)3/h12-13,16-19H,4-11H2,1-3H3,(H,24,26)/t13?,16-,17+,18-,19-,21-,22+/m0/s1. The molecule has 0 bridgehead atoms. The van der Waals surface area contributed by atoms with E-state index in [1.165, 1.54) is 37.7 Å². The second-order valence-electron chi connectivity index (χ2n) is 9.94. The lowest BCUT2D eigenvalue weighted by molar-refractivity contribution is -0.127. The number of halogens is 1. The Hall–Kier alpha value is -0.640. The maximum Gasteiger partial charge on any atom is 0.232 e. The van der Waals surface area contributed by atoms with Crippen molar-refractivity contribution in [2.75, 3.05) is 0 Å². The molecular formula is C22H32BrNO2. The highest BCUT2D eigenvalue weighted by molar-refractivity contribution is 9.08. The van der Waals surface area contributed by atoms with E-state index in [0.29, 0.717) is 17.1 Å². The summed E-state index contributed by atoms with van der Waals surface area (Å²) >= 11 is 3.14. The molecule has 3 nitrogen and oxygen atoms in total. The number of allylic oxidation sites excluding steroid dienone is 1. The van der Waals surface area contributed by atoms with Gasteiger partial charge in [0, 0.05) is 28.5 Å². The second-order valence-corrected chi connectivity index (χ2v) is 10.3. The molecule has 4 aliphatic carbocycles. The first kappa shape index (κ1) is 18.7. The van der Waals surface area contributed by atoms with E-state index in [9.17, 15) is 9.59 Å². The fourth-order valence-electron chi connectivity index (χ4n) is 7.69. The topological polar surface area (TPSA) is 46.2 Å². The molecule has 0 radical (unpaired) electrons. The van der Waals surface area contributed by atoms with E-state index in [1.54, 1.807) is 0 Å². The van der Waals surface area contributed by atoms with Crippen molar-refractivity contribution in [3.8, 4) is 0 Å². The zero-order valence-corrected chi connectivity index (χ0v) is 17.9. The van der Waals surface area contributed by atoms with Gasteiger partial charge in [0.05, 0.1) is 0 Å². The van der Waals surface area contributed by atoms with E-state index < -0.39 is 0 Å². The van der Waals surface area contributed by atoms with E-state index in [4.69, 9.17) is 0 Å². The number of hydrogen-bond acceptors (Lipinski definition) is 2. The first-order valence-corrected chi connectivity index (χ1v) is 11.2. The molecule has 0 aromatic heterocycles. The number of amides is 1. The van der Waals surface area contributed by atoms with E-state index >= 15 is 0 Å². The van der Waals surface area contributed by atoms with Crippen LogP contribution in [0, 0.1) is 40.4 Å². The quantitative estimate of drug-likeness (QED) is 0.622. The van der Waals surface area contributed by atoms with Crippen LogP contribution >= 0.6 is 16.1 Å². The van der Waals surface area contributed by atoms with Crippen LogP contribution in [0.1, 0.15) is 72.1 Å². The van der Waals surface area contributed by atoms with Gasteiger partial charge in [-0.3, -0.25) is 13.9 Å². The van der Waals surface area contributed by atoms with Gasteiger partial charge in [-0.05, 0) is 85.5 Å². The molecular weight excluding hydrogens is 390 g/mol. The van der Waals surface area contributed by atoms with Gasteiger partial charge in [0.2, 0.25) is 5.91 Å². The number of fused-ring (bicyclic) bond motifs is 5. The first-order chi connectivity index (χ1) is 12.3. The van der Waals surface area contributed by atoms with Gasteiger partial charge in [-0.2, -0.15) is 0 Å². The average Bonchev–Trinajstić information content (AvgIpc) is 2.98. The van der Waals surface area contributed by atoms with Gasteiger partial charge in [0.15, 0.2) is 5.78 Å². The average molecular weight is 422 g/mol. The lowest BCUT2D eigenvalue weighted by Crippen LogP contribution is -2.51. The molecule has 0 aliphatic heterocycles. The van der Waals surface area contributed by atoms with Gasteiger partial charge in [-0.1, -0.05) is 26.3 Å². The Morgan fingerprint density at radius 2 is 1.92 bits per heavy atom. The summed E-state index contributed by atoms with van der Waals surface area (Å²) in [5.41, 5.74) is 1.98. The van der Waals surface area contributed by atoms with Crippen LogP contribution in [-0.4, -0.2) is 11.7 Å². The monoisotopic (exact) mass is 421 g/mol. The van der Waals surface area contributed by atoms with Crippen molar-refractivity contribution < 1.29 is 9.59 Å². The number of carbonyl (C=O) groups is 2. The Morgan fingerprint density at radius 1 is 1.15 bits per heavy atom. The maximum absolute atomic E-state index is 12.3. The van der Waals surface area contributed by atoms with Crippen molar-refractivity contribution in [3.05, 3.63) is 11.6 Å². The molecule has 7 atom stereocenters. The summed E-state index contributed by atoms with van der Waals surface area (Å²) in [5.74, 6) is 3.28. The fourth-order valence-corrected chi connectivity index (χ4v) is 8.05. The summed E-state index contributed by atoms with van der Waals surface area (Å²) in [7, 11) is 0. The highest BCUT2D eigenvalue weighted by Gasteiger charge is 2.59. The molecule has 26 heavy (non-hydrogen) atoms. The number of rotatable bonds is 2. The van der Waals surface area contributed by atoms with Crippen LogP contribution in [0.25, 0.3) is 0 Å². The third kappa shape index (κ3) is 2.57. The van der Waals surface area contributed by atoms with Crippen LogP contribution in [0.4, 0.5) is 0 Å². The minimum Gasteiger partial charge on any atom is -0.295 e. The van der Waals surface area contributed by atoms with E-state index in [-0.39, 0.29) is 17.2 Å². The Morgan fingerprint density at radius 3 is 2.65 bits per heavy atom. The lowest BCUT2D eigenvalue weighted by Gasteiger charge is -2.58. The molecule has 0 aromatic rings. The second kappa shape index (κ2) is 6.46. The SMILES string of the molecule is CC(C(=O)NBr)[C@H]1CC[C@H]2[C@@H]3CCC4=CC(=O)CC[C@]4(C)[C@H]3CC[C@]12C. The first-order valence-electron chi connectivity index (χ1n) is 10.5. The van der Waals surface area contributed by atoms with Gasteiger partial charge in [-0.25, -0.2) is 0 Å². The minimum absolute atomic E-state index is 0.0721. The molecule has 0 spiro atoms. The molecule has 1 amide bonds. The summed E-state index contributed by atoms with van der Waals surface area (Å²) in [5, 5.41) is 0. The highest BCUT2D eigenvalue weighted by Crippen LogP contribution is 2.67. The van der Waals surface area contributed by atoms with Gasteiger partial charge in [0.1, 0.15) is 0 Å². The van der Waals surface area contributed by atoms with Gasteiger partial charge < -0.3 is 0 Å². The normalized spacial score (nSPS) is 45.8. The number of nitrogens with one attached hydrogen (secondary N) is 1. The molecule has 3 saturated carbocycles. The Balaban J connectivity index is 1.61. The van der Waals surface area contributed by atoms with Crippen molar-refractivity contribution in [2.24, 2.45) is 40.4 Å². The van der Waals surface area contributed by atoms with Crippen LogP contribution in [-0.2, 0) is 9.59 Å². The van der Waals surface area contributed by atoms with Crippen molar-refractivity contribution in [2.45, 2.75) is 72.1 Å². The third-order valence-corrected chi connectivity index (χ3v) is 9.54. The highest BCUT2D eigenvalue weighted by atomic mass is 79.9. The number of hydrogen-bond donors (Lipinski definition) is 1. The molecule has 1 N–H and O–H groups in total. The summed E-state index contributed by atoms with van der Waals surface area (Å²) in [6.45, 7) is 7.02. The molecule has 1 unspecified atom stereocenters. The lowest BCUT2D eigenvalue weighted by atomic mass is 9.46. The molecule has 4 rings (SSSR count). The predicted octanol–water partition coefficient (Wildman–Crippen LogP) is 5.20. The number of carbonyl (C=O) groups excluding carboxylic acids is 2. The van der Waals surface area contributed by atoms with Crippen LogP contribution in [0.2, 0.25) is 0 Å². The Kier molecular flexibility index (Phi) is 4.65. The van der Waals surface area contributed by atoms with E-state index in [0.717, 1.165) is 37.0 Å². The predicted molar refractivity (Wildman–Crippen MR) is 106 cm³/mol. The van der Waals surface area contributed by atoms with Gasteiger partial charge in [-0.15, -0.1) is 0 Å². The van der Waals surface area contributed by atoms with Crippen LogP contribution in [0.5, 0.6) is 0 Å². The van der Waals surface area contributed by atoms with Crippen molar-refractivity contribution >= 4 is 27.8 Å². The van der Waals surface area contributed by atoms with E-state index in [1.807, 2.05) is 6.08 Å². The summed E-state index contributed by atoms with van der Waals surface area (Å²) < 4.78 is 2.69. The van der Waals surface area contributed by atoms with Gasteiger partial charge >= 0.3 is 0 Å². The van der Waals surface area contributed by atoms with Gasteiger partial charge in [0.25, 0.3) is 0 Å². The molecule has 144 valence electrons. The molecule has 0 saturated heterocycles. The van der Waals surface area contributed by atoms with Crippen LogP contribution in [0.15, 0.2) is 11.6 Å². The molecule has 0 heterocycles. The molecule has 4 heteroatoms. The maximum atomic E-state index is 12.3. The smallest absolute Gasteiger partial charge is 0.232 e. The zero-order chi connectivity index (χ0) is 18.7. The van der Waals surface area contributed by atoms with Crippen molar-refractivity contribution in [1.82, 2.24) is 4.34 Å². The zero-order valence-electron chi connectivity index (χ0n) is 16.3. The summed E-state index contributed by atoms with van der Waals surface area (Å²) in [6, 6.07) is 0. The number of ketones is 1. The largest absolute Gasteiger partial charge is 0.295 e. The van der Waals surface area contributed by atoms with E-state index in [2.05, 4.69) is 41.3 Å². The summed E-state index contributed by atoms with van der Waals surface area (Å²) in [6.07, 6.45) is 11.1. The fraction of sp³-hybridized carbons (Fsp3) is 0.818. The van der Waals surface area contributed by atoms with Crippen LogP contribution in [0.3, 0.4) is 0 Å². The molecule has 4 aliphatic rings. The third-order valence-electron chi connectivity index (χ3n) is 9.15. The van der Waals surface area contributed by atoms with Crippen LogP contribution < -0.4 is 4.34 Å². The summed E-state index contributed by atoms with van der Waals surface area (Å²) in [4.78, 5) is 24.2.